The maximum atomic E-state index is 12.1. The summed E-state index contributed by atoms with van der Waals surface area (Å²) in [6, 6.07) is 9.74. The van der Waals surface area contributed by atoms with Crippen molar-refractivity contribution < 1.29 is 9.90 Å². The van der Waals surface area contributed by atoms with E-state index in [1.54, 1.807) is 32.4 Å². The fourth-order valence-corrected chi connectivity index (χ4v) is 4.15. The zero-order valence-corrected chi connectivity index (χ0v) is 18.4. The Labute approximate surface area is 184 Å². The first-order chi connectivity index (χ1) is 14.8. The highest BCUT2D eigenvalue weighted by Crippen LogP contribution is 2.38. The second-order valence-corrected chi connectivity index (χ2v) is 8.76. The molecule has 0 bridgehead atoms. The number of amides is 1. The van der Waals surface area contributed by atoms with E-state index in [2.05, 4.69) is 25.3 Å². The number of nitrogens with zero attached hydrogens (tertiary/aromatic N) is 4. The van der Waals surface area contributed by atoms with Gasteiger partial charge in [0.2, 0.25) is 5.91 Å². The van der Waals surface area contributed by atoms with Gasteiger partial charge in [-0.25, -0.2) is 15.0 Å². The number of carbonyl (C=O) groups excluding carboxylic acids is 1. The van der Waals surface area contributed by atoms with Crippen LogP contribution in [0.5, 0.6) is 0 Å². The highest BCUT2D eigenvalue weighted by atomic mass is 32.1. The summed E-state index contributed by atoms with van der Waals surface area (Å²) in [5.74, 6) is 0.314. The average Bonchev–Trinajstić information content (AvgIpc) is 3.15. The van der Waals surface area contributed by atoms with Gasteiger partial charge in [-0.15, -0.1) is 0 Å². The van der Waals surface area contributed by atoms with Crippen LogP contribution in [0.4, 0.5) is 5.13 Å². The van der Waals surface area contributed by atoms with E-state index < -0.39 is 5.60 Å². The van der Waals surface area contributed by atoms with Gasteiger partial charge in [-0.2, -0.15) is 0 Å². The fraction of sp³-hybridized carbons (Fsp3) is 0.261. The van der Waals surface area contributed by atoms with Gasteiger partial charge < -0.3 is 10.4 Å². The van der Waals surface area contributed by atoms with Crippen molar-refractivity contribution in [3.05, 3.63) is 54.7 Å². The maximum Gasteiger partial charge on any atom is 0.226 e. The molecule has 0 fully saturated rings. The molecule has 31 heavy (non-hydrogen) atoms. The van der Waals surface area contributed by atoms with E-state index in [-0.39, 0.29) is 5.91 Å². The summed E-state index contributed by atoms with van der Waals surface area (Å²) in [6.45, 7) is 5.27. The minimum absolute atomic E-state index is 0.0447. The molecule has 0 spiro atoms. The smallest absolute Gasteiger partial charge is 0.226 e. The lowest BCUT2D eigenvalue weighted by Crippen LogP contribution is -2.19. The van der Waals surface area contributed by atoms with Crippen molar-refractivity contribution in [3.63, 3.8) is 0 Å². The number of anilines is 1. The quantitative estimate of drug-likeness (QED) is 0.454. The SMILES string of the molecule is CCCC(=O)Nc1nc2cc(-c3cnc(C(C)(C)O)nc3)cc(-c3ccccn3)c2s1. The van der Waals surface area contributed by atoms with E-state index in [1.807, 2.05) is 37.3 Å². The Morgan fingerprint density at radius 2 is 1.90 bits per heavy atom. The summed E-state index contributed by atoms with van der Waals surface area (Å²) in [7, 11) is 0. The normalized spacial score (nSPS) is 11.6. The second-order valence-electron chi connectivity index (χ2n) is 7.76. The second kappa shape index (κ2) is 8.49. The van der Waals surface area contributed by atoms with Gasteiger partial charge in [0.15, 0.2) is 11.0 Å². The van der Waals surface area contributed by atoms with Crippen molar-refractivity contribution in [2.24, 2.45) is 0 Å². The number of carbonyl (C=O) groups is 1. The maximum absolute atomic E-state index is 12.1. The van der Waals surface area contributed by atoms with E-state index >= 15 is 0 Å². The van der Waals surface area contributed by atoms with Crippen LogP contribution in [0.3, 0.4) is 0 Å². The van der Waals surface area contributed by atoms with Crippen molar-refractivity contribution in [2.75, 3.05) is 5.32 Å². The minimum atomic E-state index is -1.11. The van der Waals surface area contributed by atoms with Crippen LogP contribution in [0, 0.1) is 0 Å². The van der Waals surface area contributed by atoms with Gasteiger partial charge in [0.25, 0.3) is 0 Å². The molecule has 0 aliphatic carbocycles. The summed E-state index contributed by atoms with van der Waals surface area (Å²) in [5, 5.41) is 13.6. The van der Waals surface area contributed by atoms with Crippen LogP contribution in [0.1, 0.15) is 39.4 Å². The van der Waals surface area contributed by atoms with Gasteiger partial charge in [-0.05, 0) is 50.1 Å². The standard InChI is InChI=1S/C23H23N5O2S/c1-4-7-19(29)28-22-27-18-11-14(15-12-25-21(26-13-15)23(2,3)30)10-16(20(18)31-22)17-8-5-6-9-24-17/h5-6,8-13,30H,4,7H2,1-3H3,(H,27,28,29). The molecule has 2 N–H and O–H groups in total. The van der Waals surface area contributed by atoms with Gasteiger partial charge in [-0.1, -0.05) is 24.3 Å². The first-order valence-corrected chi connectivity index (χ1v) is 10.9. The molecule has 0 radical (unpaired) electrons. The molecule has 4 aromatic rings. The zero-order valence-electron chi connectivity index (χ0n) is 17.6. The Balaban J connectivity index is 1.82. The Hall–Kier alpha value is -3.23. The number of pyridine rings is 1. The third-order valence-electron chi connectivity index (χ3n) is 4.69. The highest BCUT2D eigenvalue weighted by Gasteiger charge is 2.20. The molecule has 7 nitrogen and oxygen atoms in total. The minimum Gasteiger partial charge on any atom is -0.382 e. The number of hydrogen-bond donors (Lipinski definition) is 2. The van der Waals surface area contributed by atoms with E-state index in [0.717, 1.165) is 39.0 Å². The summed E-state index contributed by atoms with van der Waals surface area (Å²) >= 11 is 1.44. The molecule has 0 aliphatic heterocycles. The molecule has 0 atom stereocenters. The Kier molecular flexibility index (Phi) is 5.75. The number of hydrogen-bond acceptors (Lipinski definition) is 7. The lowest BCUT2D eigenvalue weighted by molar-refractivity contribution is -0.116. The zero-order chi connectivity index (χ0) is 22.0. The third-order valence-corrected chi connectivity index (χ3v) is 5.71. The number of fused-ring (bicyclic) bond motifs is 1. The van der Waals surface area contributed by atoms with E-state index in [1.165, 1.54) is 11.3 Å². The molecule has 158 valence electrons. The van der Waals surface area contributed by atoms with E-state index in [9.17, 15) is 9.90 Å². The number of benzene rings is 1. The monoisotopic (exact) mass is 433 g/mol. The van der Waals surface area contributed by atoms with Gasteiger partial charge in [0, 0.05) is 36.1 Å². The summed E-state index contributed by atoms with van der Waals surface area (Å²) < 4.78 is 0.947. The molecule has 3 aromatic heterocycles. The number of aromatic nitrogens is 4. The molecule has 0 aliphatic rings. The van der Waals surface area contributed by atoms with Crippen LogP contribution in [0.15, 0.2) is 48.9 Å². The van der Waals surface area contributed by atoms with Crippen molar-refractivity contribution in [1.29, 1.82) is 0 Å². The number of nitrogens with one attached hydrogen (secondary N) is 1. The van der Waals surface area contributed by atoms with Crippen LogP contribution in [-0.4, -0.2) is 30.9 Å². The van der Waals surface area contributed by atoms with E-state index in [0.29, 0.717) is 17.4 Å². The first-order valence-electron chi connectivity index (χ1n) is 10.1. The molecule has 1 aromatic carbocycles. The fourth-order valence-electron chi connectivity index (χ4n) is 3.17. The van der Waals surface area contributed by atoms with Crippen molar-refractivity contribution in [3.8, 4) is 22.4 Å². The van der Waals surface area contributed by atoms with Crippen LogP contribution in [0.25, 0.3) is 32.6 Å². The van der Waals surface area contributed by atoms with Gasteiger partial charge in [-0.3, -0.25) is 9.78 Å². The Bertz CT molecular complexity index is 1210. The lowest BCUT2D eigenvalue weighted by Gasteiger charge is -2.15. The third kappa shape index (κ3) is 4.60. The molecule has 0 saturated carbocycles. The van der Waals surface area contributed by atoms with Crippen LogP contribution in [-0.2, 0) is 10.4 Å². The predicted octanol–water partition coefficient (Wildman–Crippen LogP) is 4.78. The molecular weight excluding hydrogens is 410 g/mol. The number of aliphatic hydroxyl groups is 1. The molecule has 0 saturated heterocycles. The van der Waals surface area contributed by atoms with Crippen LogP contribution < -0.4 is 5.32 Å². The number of thiazole rings is 1. The van der Waals surface area contributed by atoms with Crippen molar-refractivity contribution in [1.82, 2.24) is 19.9 Å². The highest BCUT2D eigenvalue weighted by molar-refractivity contribution is 7.22. The summed E-state index contributed by atoms with van der Waals surface area (Å²) in [6.07, 6.45) is 6.37. The molecule has 3 heterocycles. The topological polar surface area (TPSA) is 101 Å². The summed E-state index contributed by atoms with van der Waals surface area (Å²) in [4.78, 5) is 29.8. The molecule has 1 amide bonds. The summed E-state index contributed by atoms with van der Waals surface area (Å²) in [5.41, 5.74) is 3.08. The Morgan fingerprint density at radius 3 is 2.55 bits per heavy atom. The van der Waals surface area contributed by atoms with Crippen LogP contribution in [0.2, 0.25) is 0 Å². The van der Waals surface area contributed by atoms with Crippen molar-refractivity contribution in [2.45, 2.75) is 39.2 Å². The average molecular weight is 434 g/mol. The van der Waals surface area contributed by atoms with Gasteiger partial charge >= 0.3 is 0 Å². The largest absolute Gasteiger partial charge is 0.382 e. The van der Waals surface area contributed by atoms with Crippen molar-refractivity contribution >= 4 is 32.6 Å². The molecule has 0 unspecified atom stereocenters. The van der Waals surface area contributed by atoms with Gasteiger partial charge in [0.05, 0.1) is 15.9 Å². The molecule has 4 rings (SSSR count). The molecule has 8 heteroatoms. The lowest BCUT2D eigenvalue weighted by atomic mass is 10.0. The molecular formula is C23H23N5O2S. The van der Waals surface area contributed by atoms with Crippen LogP contribution >= 0.6 is 11.3 Å². The van der Waals surface area contributed by atoms with Gasteiger partial charge in [0.1, 0.15) is 5.60 Å². The number of rotatable bonds is 6. The van der Waals surface area contributed by atoms with E-state index in [4.69, 9.17) is 0 Å². The Morgan fingerprint density at radius 1 is 1.13 bits per heavy atom. The first kappa shape index (κ1) is 21.0. The predicted molar refractivity (Wildman–Crippen MR) is 123 cm³/mol.